The lowest BCUT2D eigenvalue weighted by Crippen LogP contribution is -2.45. The van der Waals surface area contributed by atoms with Crippen LogP contribution in [0.4, 0.5) is 0 Å². The first-order chi connectivity index (χ1) is 12.2. The molecular weight excluding hydrogens is 334 g/mol. The van der Waals surface area contributed by atoms with Crippen LogP contribution in [0.25, 0.3) is 10.6 Å². The highest BCUT2D eigenvalue weighted by Gasteiger charge is 2.31. The van der Waals surface area contributed by atoms with Gasteiger partial charge in [0.1, 0.15) is 5.69 Å². The summed E-state index contributed by atoms with van der Waals surface area (Å²) in [5, 5.41) is 6.62. The summed E-state index contributed by atoms with van der Waals surface area (Å²) in [4.78, 5) is 28.1. The van der Waals surface area contributed by atoms with Crippen molar-refractivity contribution in [2.24, 2.45) is 5.92 Å². The molecule has 0 N–H and O–H groups in total. The van der Waals surface area contributed by atoms with E-state index in [0.717, 1.165) is 55.6 Å². The average molecular weight is 357 g/mol. The highest BCUT2D eigenvalue weighted by Crippen LogP contribution is 2.29. The third-order valence-corrected chi connectivity index (χ3v) is 6.25. The van der Waals surface area contributed by atoms with Crippen molar-refractivity contribution in [3.8, 4) is 10.6 Å². The molecule has 2 aromatic rings. The van der Waals surface area contributed by atoms with Crippen LogP contribution in [0, 0.1) is 5.92 Å². The van der Waals surface area contributed by atoms with Gasteiger partial charge in [-0.3, -0.25) is 9.59 Å². The first-order valence-electron chi connectivity index (χ1n) is 9.15. The molecule has 0 unspecified atom stereocenters. The van der Waals surface area contributed by atoms with Gasteiger partial charge >= 0.3 is 0 Å². The van der Waals surface area contributed by atoms with E-state index < -0.39 is 0 Å². The van der Waals surface area contributed by atoms with Gasteiger partial charge in [0.25, 0.3) is 5.56 Å². The molecule has 0 spiro atoms. The summed E-state index contributed by atoms with van der Waals surface area (Å²) < 4.78 is 1.60. The van der Waals surface area contributed by atoms with Crippen molar-refractivity contribution in [2.75, 3.05) is 13.1 Å². The Morgan fingerprint density at radius 1 is 1.12 bits per heavy atom. The van der Waals surface area contributed by atoms with E-state index in [-0.39, 0.29) is 23.4 Å². The molecule has 1 amide bonds. The lowest BCUT2D eigenvalue weighted by Gasteiger charge is -2.34. The van der Waals surface area contributed by atoms with E-state index in [4.69, 9.17) is 0 Å². The lowest BCUT2D eigenvalue weighted by atomic mass is 10.0. The van der Waals surface area contributed by atoms with Gasteiger partial charge in [0.05, 0.1) is 10.9 Å². The lowest BCUT2D eigenvalue weighted by molar-refractivity contribution is -0.137. The van der Waals surface area contributed by atoms with Crippen LogP contribution in [-0.4, -0.2) is 33.7 Å². The van der Waals surface area contributed by atoms with Crippen molar-refractivity contribution in [3.63, 3.8) is 0 Å². The molecule has 4 rings (SSSR count). The quantitative estimate of drug-likeness (QED) is 0.847. The Balaban J connectivity index is 1.55. The molecule has 2 aromatic heterocycles. The molecule has 25 heavy (non-hydrogen) atoms. The van der Waals surface area contributed by atoms with Crippen molar-refractivity contribution in [2.45, 2.75) is 44.6 Å². The molecule has 1 aliphatic heterocycles. The van der Waals surface area contributed by atoms with Crippen LogP contribution in [0.2, 0.25) is 0 Å². The number of piperidine rings is 1. The molecule has 1 saturated carbocycles. The SMILES string of the molecule is O=C(C1CCCC1)N1CCC[C@@H](n2nc(-c3cccs3)ccc2=O)C1. The van der Waals surface area contributed by atoms with E-state index >= 15 is 0 Å². The first kappa shape index (κ1) is 16.5. The van der Waals surface area contributed by atoms with Crippen LogP contribution in [0.3, 0.4) is 0 Å². The summed E-state index contributed by atoms with van der Waals surface area (Å²) in [6.07, 6.45) is 6.20. The second-order valence-electron chi connectivity index (χ2n) is 7.04. The van der Waals surface area contributed by atoms with E-state index in [0.29, 0.717) is 6.54 Å². The number of carbonyl (C=O) groups excluding carboxylic acids is 1. The number of likely N-dealkylation sites (tertiary alicyclic amines) is 1. The summed E-state index contributed by atoms with van der Waals surface area (Å²) in [5.41, 5.74) is 0.745. The zero-order valence-electron chi connectivity index (χ0n) is 14.3. The molecule has 0 radical (unpaired) electrons. The molecule has 2 aliphatic rings. The molecular formula is C19H23N3O2S. The van der Waals surface area contributed by atoms with Crippen molar-refractivity contribution < 1.29 is 4.79 Å². The molecule has 3 heterocycles. The minimum Gasteiger partial charge on any atom is -0.340 e. The fourth-order valence-corrected chi connectivity index (χ4v) is 4.72. The summed E-state index contributed by atoms with van der Waals surface area (Å²) in [7, 11) is 0. The van der Waals surface area contributed by atoms with Crippen molar-refractivity contribution in [3.05, 3.63) is 40.0 Å². The topological polar surface area (TPSA) is 55.2 Å². The van der Waals surface area contributed by atoms with Gasteiger partial charge in [-0.25, -0.2) is 4.68 Å². The predicted octanol–water partition coefficient (Wildman–Crippen LogP) is 3.33. The van der Waals surface area contributed by atoms with Crippen molar-refractivity contribution >= 4 is 17.2 Å². The van der Waals surface area contributed by atoms with Gasteiger partial charge < -0.3 is 4.90 Å². The van der Waals surface area contributed by atoms with Crippen LogP contribution in [-0.2, 0) is 4.79 Å². The highest BCUT2D eigenvalue weighted by molar-refractivity contribution is 7.13. The number of nitrogens with zero attached hydrogens (tertiary/aromatic N) is 3. The molecule has 2 fully saturated rings. The maximum atomic E-state index is 12.7. The normalized spacial score (nSPS) is 21.6. The van der Waals surface area contributed by atoms with E-state index in [2.05, 4.69) is 5.10 Å². The molecule has 0 bridgehead atoms. The van der Waals surface area contributed by atoms with Crippen LogP contribution in [0.15, 0.2) is 34.4 Å². The Morgan fingerprint density at radius 3 is 2.72 bits per heavy atom. The number of hydrogen-bond donors (Lipinski definition) is 0. The van der Waals surface area contributed by atoms with Crippen LogP contribution < -0.4 is 5.56 Å². The number of hydrogen-bond acceptors (Lipinski definition) is 4. The highest BCUT2D eigenvalue weighted by atomic mass is 32.1. The smallest absolute Gasteiger partial charge is 0.267 e. The summed E-state index contributed by atoms with van der Waals surface area (Å²) in [6, 6.07) is 7.36. The van der Waals surface area contributed by atoms with Gasteiger partial charge in [0, 0.05) is 25.1 Å². The van der Waals surface area contributed by atoms with Gasteiger partial charge in [-0.05, 0) is 43.2 Å². The third kappa shape index (κ3) is 3.40. The Labute approximate surface area is 151 Å². The van der Waals surface area contributed by atoms with Gasteiger partial charge in [-0.15, -0.1) is 11.3 Å². The maximum absolute atomic E-state index is 12.7. The van der Waals surface area contributed by atoms with Gasteiger partial charge in [0.15, 0.2) is 0 Å². The Hall–Kier alpha value is -1.95. The third-order valence-electron chi connectivity index (χ3n) is 5.36. The van der Waals surface area contributed by atoms with Crippen LogP contribution in [0.5, 0.6) is 0 Å². The second-order valence-corrected chi connectivity index (χ2v) is 7.99. The molecule has 1 atom stereocenters. The fraction of sp³-hybridized carbons (Fsp3) is 0.526. The minimum absolute atomic E-state index is 0.0217. The summed E-state index contributed by atoms with van der Waals surface area (Å²) in [6.45, 7) is 1.42. The average Bonchev–Trinajstić information content (AvgIpc) is 3.35. The number of thiophene rings is 1. The zero-order valence-corrected chi connectivity index (χ0v) is 15.1. The summed E-state index contributed by atoms with van der Waals surface area (Å²) >= 11 is 1.62. The fourth-order valence-electron chi connectivity index (χ4n) is 4.03. The van der Waals surface area contributed by atoms with Crippen molar-refractivity contribution in [1.82, 2.24) is 14.7 Å². The molecule has 1 aliphatic carbocycles. The Kier molecular flexibility index (Phi) is 4.70. The Morgan fingerprint density at radius 2 is 1.96 bits per heavy atom. The molecule has 132 valence electrons. The van der Waals surface area contributed by atoms with E-state index in [1.807, 2.05) is 22.4 Å². The maximum Gasteiger partial charge on any atom is 0.267 e. The van der Waals surface area contributed by atoms with Crippen molar-refractivity contribution in [1.29, 1.82) is 0 Å². The van der Waals surface area contributed by atoms with Gasteiger partial charge in [-0.2, -0.15) is 5.10 Å². The van der Waals surface area contributed by atoms with E-state index in [1.165, 1.54) is 0 Å². The largest absolute Gasteiger partial charge is 0.340 e. The Bertz CT molecular complexity index is 793. The number of rotatable bonds is 3. The number of carbonyl (C=O) groups is 1. The van der Waals surface area contributed by atoms with E-state index in [1.54, 1.807) is 28.2 Å². The molecule has 1 saturated heterocycles. The standard InChI is InChI=1S/C19H23N3O2S/c23-18-10-9-16(17-8-4-12-25-17)20-22(18)15-7-3-11-21(13-15)19(24)14-5-1-2-6-14/h4,8-10,12,14-15H,1-3,5-7,11,13H2/t15-/m1/s1. The van der Waals surface area contributed by atoms with Crippen LogP contribution in [0.1, 0.15) is 44.6 Å². The second kappa shape index (κ2) is 7.12. The van der Waals surface area contributed by atoms with Crippen LogP contribution >= 0.6 is 11.3 Å². The first-order valence-corrected chi connectivity index (χ1v) is 10.0. The minimum atomic E-state index is -0.0829. The number of amides is 1. The van der Waals surface area contributed by atoms with Gasteiger partial charge in [-0.1, -0.05) is 18.9 Å². The predicted molar refractivity (Wildman–Crippen MR) is 98.6 cm³/mol. The summed E-state index contributed by atoms with van der Waals surface area (Å²) in [5.74, 6) is 0.477. The molecule has 6 heteroatoms. The molecule has 5 nitrogen and oxygen atoms in total. The zero-order chi connectivity index (χ0) is 17.2. The number of aromatic nitrogens is 2. The monoisotopic (exact) mass is 357 g/mol. The van der Waals surface area contributed by atoms with Gasteiger partial charge in [0.2, 0.25) is 5.91 Å². The molecule has 0 aromatic carbocycles. The van der Waals surface area contributed by atoms with E-state index in [9.17, 15) is 9.59 Å².